The van der Waals surface area contributed by atoms with Crippen LogP contribution in [0.2, 0.25) is 0 Å². The first-order valence-corrected chi connectivity index (χ1v) is 6.84. The molecule has 0 aliphatic heterocycles. The van der Waals surface area contributed by atoms with Crippen molar-refractivity contribution in [3.63, 3.8) is 0 Å². The minimum Gasteiger partial charge on any atom is -0.350 e. The predicted octanol–water partition coefficient (Wildman–Crippen LogP) is 3.50. The zero-order valence-corrected chi connectivity index (χ0v) is 11.9. The molecule has 1 amide bonds. The highest BCUT2D eigenvalue weighted by Crippen LogP contribution is 2.09. The Kier molecular flexibility index (Phi) is 6.08. The van der Waals surface area contributed by atoms with E-state index >= 15 is 0 Å². The van der Waals surface area contributed by atoms with E-state index in [9.17, 15) is 4.79 Å². The van der Waals surface area contributed by atoms with Gasteiger partial charge in [0.25, 0.3) is 5.91 Å². The smallest absolute Gasteiger partial charge is 0.251 e. The van der Waals surface area contributed by atoms with Crippen molar-refractivity contribution >= 4 is 5.91 Å². The summed E-state index contributed by atoms with van der Waals surface area (Å²) >= 11 is 0. The third kappa shape index (κ3) is 5.56. The zero-order valence-electron chi connectivity index (χ0n) is 11.9. The summed E-state index contributed by atoms with van der Waals surface area (Å²) < 4.78 is 0. The van der Waals surface area contributed by atoms with Gasteiger partial charge in [-0.2, -0.15) is 5.26 Å². The molecule has 0 spiro atoms. The molecule has 0 aromatic heterocycles. The van der Waals surface area contributed by atoms with Gasteiger partial charge < -0.3 is 5.32 Å². The molecule has 0 unspecified atom stereocenters. The van der Waals surface area contributed by atoms with Gasteiger partial charge in [0.1, 0.15) is 0 Å². The number of rotatable bonds is 6. The van der Waals surface area contributed by atoms with Crippen molar-refractivity contribution in [1.82, 2.24) is 5.32 Å². The van der Waals surface area contributed by atoms with Gasteiger partial charge in [0.15, 0.2) is 0 Å². The minimum atomic E-state index is -0.103. The molecular weight excluding hydrogens is 236 g/mol. The predicted molar refractivity (Wildman–Crippen MR) is 76.8 cm³/mol. The first kappa shape index (κ1) is 15.2. The summed E-state index contributed by atoms with van der Waals surface area (Å²) in [5.41, 5.74) is 1.06. The average Bonchev–Trinajstić information content (AvgIpc) is 2.38. The molecule has 19 heavy (non-hydrogen) atoms. The maximum Gasteiger partial charge on any atom is 0.251 e. The molecule has 0 radical (unpaired) electrons. The van der Waals surface area contributed by atoms with Crippen LogP contribution in [0.5, 0.6) is 0 Å². The van der Waals surface area contributed by atoms with Gasteiger partial charge in [-0.3, -0.25) is 4.79 Å². The topological polar surface area (TPSA) is 52.9 Å². The van der Waals surface area contributed by atoms with Gasteiger partial charge in [0, 0.05) is 11.6 Å². The fraction of sp³-hybridized carbons (Fsp3) is 0.500. The molecule has 0 saturated heterocycles. The van der Waals surface area contributed by atoms with Crippen LogP contribution in [0.4, 0.5) is 0 Å². The molecule has 0 fully saturated rings. The third-order valence-electron chi connectivity index (χ3n) is 3.05. The maximum absolute atomic E-state index is 12.0. The first-order chi connectivity index (χ1) is 9.02. The lowest BCUT2D eigenvalue weighted by molar-refractivity contribution is 0.0937. The number of hydrogen-bond donors (Lipinski definition) is 1. The number of amides is 1. The van der Waals surface area contributed by atoms with Crippen molar-refractivity contribution in [2.75, 3.05) is 0 Å². The lowest BCUT2D eigenvalue weighted by atomic mass is 10.0. The van der Waals surface area contributed by atoms with Gasteiger partial charge in [-0.25, -0.2) is 0 Å². The van der Waals surface area contributed by atoms with Crippen LogP contribution in [-0.4, -0.2) is 11.9 Å². The number of nitrogens with one attached hydrogen (secondary N) is 1. The van der Waals surface area contributed by atoms with Crippen LogP contribution in [0.15, 0.2) is 24.3 Å². The highest BCUT2D eigenvalue weighted by Gasteiger charge is 2.10. The normalized spacial score (nSPS) is 11.9. The number of nitrogens with zero attached hydrogens (tertiary/aromatic N) is 1. The molecule has 0 bridgehead atoms. The Bertz CT molecular complexity index is 460. The average molecular weight is 258 g/mol. The summed E-state index contributed by atoms with van der Waals surface area (Å²) in [4.78, 5) is 12.0. The lowest BCUT2D eigenvalue weighted by Gasteiger charge is -2.14. The standard InChI is InChI=1S/C16H22N2O/c1-12(2)6-4-7-13(3)18-16(19)15-9-5-8-14(10-15)11-17/h5,8-10,12-13H,4,6-7H2,1-3H3,(H,18,19)/t13-/m0/s1. The van der Waals surface area contributed by atoms with Crippen LogP contribution < -0.4 is 5.32 Å². The fourth-order valence-corrected chi connectivity index (χ4v) is 1.94. The molecule has 0 saturated carbocycles. The van der Waals surface area contributed by atoms with E-state index in [1.54, 1.807) is 24.3 Å². The summed E-state index contributed by atoms with van der Waals surface area (Å²) in [7, 11) is 0. The molecular formula is C16H22N2O. The van der Waals surface area contributed by atoms with Crippen LogP contribution in [0.1, 0.15) is 56.0 Å². The first-order valence-electron chi connectivity index (χ1n) is 6.84. The molecule has 102 valence electrons. The number of carbonyl (C=O) groups is 1. The van der Waals surface area contributed by atoms with Crippen molar-refractivity contribution < 1.29 is 4.79 Å². The van der Waals surface area contributed by atoms with Crippen molar-refractivity contribution in [1.29, 1.82) is 5.26 Å². The number of hydrogen-bond acceptors (Lipinski definition) is 2. The second kappa shape index (κ2) is 7.58. The summed E-state index contributed by atoms with van der Waals surface area (Å²) in [5.74, 6) is 0.601. The van der Waals surface area contributed by atoms with Crippen LogP contribution in [0.25, 0.3) is 0 Å². The Morgan fingerprint density at radius 2 is 2.05 bits per heavy atom. The molecule has 3 heteroatoms. The maximum atomic E-state index is 12.0. The lowest BCUT2D eigenvalue weighted by Crippen LogP contribution is -2.32. The van der Waals surface area contributed by atoms with Gasteiger partial charge in [0.2, 0.25) is 0 Å². The van der Waals surface area contributed by atoms with Crippen LogP contribution >= 0.6 is 0 Å². The highest BCUT2D eigenvalue weighted by atomic mass is 16.1. The fourth-order valence-electron chi connectivity index (χ4n) is 1.94. The molecule has 1 aromatic rings. The Morgan fingerprint density at radius 3 is 2.68 bits per heavy atom. The summed E-state index contributed by atoms with van der Waals surface area (Å²) in [6, 6.07) is 8.99. The van der Waals surface area contributed by atoms with Crippen LogP contribution in [0.3, 0.4) is 0 Å². The van der Waals surface area contributed by atoms with Gasteiger partial charge in [-0.1, -0.05) is 32.8 Å². The van der Waals surface area contributed by atoms with E-state index in [1.807, 2.05) is 13.0 Å². The SMILES string of the molecule is CC(C)CCC[C@H](C)NC(=O)c1cccc(C#N)c1. The highest BCUT2D eigenvalue weighted by molar-refractivity contribution is 5.94. The van der Waals surface area contributed by atoms with Gasteiger partial charge in [0.05, 0.1) is 11.6 Å². The van der Waals surface area contributed by atoms with Gasteiger partial charge >= 0.3 is 0 Å². The Balaban J connectivity index is 2.47. The second-order valence-corrected chi connectivity index (χ2v) is 5.39. The number of nitriles is 1. The van der Waals surface area contributed by atoms with Crippen molar-refractivity contribution in [3.05, 3.63) is 35.4 Å². The molecule has 0 heterocycles. The molecule has 1 rings (SSSR count). The summed E-state index contributed by atoms with van der Waals surface area (Å²) in [5, 5.41) is 11.8. The minimum absolute atomic E-state index is 0.103. The molecule has 1 atom stereocenters. The molecule has 1 N–H and O–H groups in total. The Hall–Kier alpha value is -1.82. The zero-order chi connectivity index (χ0) is 14.3. The quantitative estimate of drug-likeness (QED) is 0.849. The van der Waals surface area contributed by atoms with Crippen molar-refractivity contribution in [2.45, 2.75) is 46.1 Å². The molecule has 3 nitrogen and oxygen atoms in total. The third-order valence-corrected chi connectivity index (χ3v) is 3.05. The van der Waals surface area contributed by atoms with E-state index in [2.05, 4.69) is 19.2 Å². The molecule has 0 aliphatic rings. The second-order valence-electron chi connectivity index (χ2n) is 5.39. The van der Waals surface area contributed by atoms with Gasteiger partial charge in [-0.05, 0) is 37.5 Å². The Labute approximate surface area is 115 Å². The largest absolute Gasteiger partial charge is 0.350 e. The van der Waals surface area contributed by atoms with E-state index in [0.29, 0.717) is 17.0 Å². The van der Waals surface area contributed by atoms with Crippen molar-refractivity contribution in [2.24, 2.45) is 5.92 Å². The molecule has 1 aromatic carbocycles. The van der Waals surface area contributed by atoms with E-state index < -0.39 is 0 Å². The van der Waals surface area contributed by atoms with Crippen LogP contribution in [0, 0.1) is 17.2 Å². The van der Waals surface area contributed by atoms with Crippen LogP contribution in [-0.2, 0) is 0 Å². The van der Waals surface area contributed by atoms with E-state index in [-0.39, 0.29) is 11.9 Å². The van der Waals surface area contributed by atoms with Crippen molar-refractivity contribution in [3.8, 4) is 6.07 Å². The van der Waals surface area contributed by atoms with Gasteiger partial charge in [-0.15, -0.1) is 0 Å². The number of benzene rings is 1. The Morgan fingerprint density at radius 1 is 1.32 bits per heavy atom. The molecule has 0 aliphatic carbocycles. The number of carbonyl (C=O) groups excluding carboxylic acids is 1. The van der Waals surface area contributed by atoms with E-state index in [4.69, 9.17) is 5.26 Å². The summed E-state index contributed by atoms with van der Waals surface area (Å²) in [6.45, 7) is 6.43. The van der Waals surface area contributed by atoms with E-state index in [0.717, 1.165) is 12.8 Å². The monoisotopic (exact) mass is 258 g/mol. The summed E-state index contributed by atoms with van der Waals surface area (Å²) in [6.07, 6.45) is 3.29. The van der Waals surface area contributed by atoms with E-state index in [1.165, 1.54) is 6.42 Å².